The first-order valence-electron chi connectivity index (χ1n) is 7.14. The lowest BCUT2D eigenvalue weighted by Crippen LogP contribution is -2.46. The lowest BCUT2D eigenvalue weighted by atomic mass is 10.1. The third kappa shape index (κ3) is 4.91. The van der Waals surface area contributed by atoms with Gasteiger partial charge in [0.2, 0.25) is 0 Å². The summed E-state index contributed by atoms with van der Waals surface area (Å²) >= 11 is 0. The van der Waals surface area contributed by atoms with Crippen molar-refractivity contribution in [2.75, 3.05) is 46.4 Å². The first kappa shape index (κ1) is 17.3. The molecule has 0 aliphatic carbocycles. The van der Waals surface area contributed by atoms with Crippen LogP contribution in [0.5, 0.6) is 0 Å². The maximum atomic E-state index is 11.9. The molecule has 0 unspecified atom stereocenters. The van der Waals surface area contributed by atoms with E-state index in [1.165, 1.54) is 6.08 Å². The van der Waals surface area contributed by atoms with Gasteiger partial charge in [-0.1, -0.05) is 6.58 Å². The molecular formula is C15H26N4O2. The molecule has 1 fully saturated rings. The van der Waals surface area contributed by atoms with Crippen LogP contribution in [0.25, 0.3) is 0 Å². The van der Waals surface area contributed by atoms with Crippen LogP contribution < -0.4 is 11.1 Å². The third-order valence-electron chi connectivity index (χ3n) is 3.64. The van der Waals surface area contributed by atoms with Crippen molar-refractivity contribution in [3.05, 3.63) is 35.7 Å². The average molecular weight is 294 g/mol. The summed E-state index contributed by atoms with van der Waals surface area (Å²) in [4.78, 5) is 16.3. The molecule has 6 heteroatoms. The molecule has 1 amide bonds. The first-order chi connectivity index (χ1) is 10.0. The smallest absolute Gasteiger partial charge is 0.253 e. The van der Waals surface area contributed by atoms with E-state index in [9.17, 15) is 4.79 Å². The van der Waals surface area contributed by atoms with Crippen molar-refractivity contribution in [3.8, 4) is 0 Å². The van der Waals surface area contributed by atoms with Gasteiger partial charge in [-0.2, -0.15) is 0 Å². The Morgan fingerprint density at radius 1 is 1.38 bits per heavy atom. The standard InChI is InChI=1S/C15H26N4O2/c1-4-14(16)13(15(21)17-3)11-12(2)19-7-5-18(6-8-19)9-10-20/h4,11,20H,1,5-10,16H2,2-3H3,(H,17,21)/b12-11+,14-13-. The van der Waals surface area contributed by atoms with Gasteiger partial charge in [0.05, 0.1) is 12.2 Å². The van der Waals surface area contributed by atoms with Crippen molar-refractivity contribution < 1.29 is 9.90 Å². The van der Waals surface area contributed by atoms with E-state index < -0.39 is 0 Å². The summed E-state index contributed by atoms with van der Waals surface area (Å²) in [5, 5.41) is 11.5. The number of allylic oxidation sites excluding steroid dienone is 2. The highest BCUT2D eigenvalue weighted by molar-refractivity contribution is 5.97. The summed E-state index contributed by atoms with van der Waals surface area (Å²) in [6.45, 7) is 10.0. The Morgan fingerprint density at radius 3 is 2.48 bits per heavy atom. The van der Waals surface area contributed by atoms with Gasteiger partial charge in [0.25, 0.3) is 5.91 Å². The Labute approximate surface area is 126 Å². The fourth-order valence-corrected chi connectivity index (χ4v) is 2.29. The summed E-state index contributed by atoms with van der Waals surface area (Å²) in [5.41, 5.74) is 7.64. The van der Waals surface area contributed by atoms with Gasteiger partial charge in [0, 0.05) is 51.2 Å². The van der Waals surface area contributed by atoms with Gasteiger partial charge >= 0.3 is 0 Å². The molecule has 4 N–H and O–H groups in total. The number of rotatable bonds is 6. The van der Waals surface area contributed by atoms with Crippen LogP contribution in [0.1, 0.15) is 6.92 Å². The van der Waals surface area contributed by atoms with Crippen molar-refractivity contribution in [2.45, 2.75) is 6.92 Å². The van der Waals surface area contributed by atoms with Crippen molar-refractivity contribution in [1.82, 2.24) is 15.1 Å². The van der Waals surface area contributed by atoms with Gasteiger partial charge in [-0.25, -0.2) is 0 Å². The van der Waals surface area contributed by atoms with E-state index in [0.29, 0.717) is 17.8 Å². The number of carbonyl (C=O) groups is 1. The average Bonchev–Trinajstić information content (AvgIpc) is 2.52. The lowest BCUT2D eigenvalue weighted by Gasteiger charge is -2.36. The van der Waals surface area contributed by atoms with Crippen LogP contribution in [0.2, 0.25) is 0 Å². The molecule has 1 saturated heterocycles. The molecule has 21 heavy (non-hydrogen) atoms. The monoisotopic (exact) mass is 294 g/mol. The summed E-state index contributed by atoms with van der Waals surface area (Å²) in [7, 11) is 1.58. The zero-order valence-corrected chi connectivity index (χ0v) is 12.9. The van der Waals surface area contributed by atoms with Gasteiger partial charge in [-0.3, -0.25) is 9.69 Å². The molecule has 0 atom stereocenters. The Kier molecular flexibility index (Phi) is 6.98. The summed E-state index contributed by atoms with van der Waals surface area (Å²) in [5.74, 6) is -0.217. The number of piperazine rings is 1. The third-order valence-corrected chi connectivity index (χ3v) is 3.64. The van der Waals surface area contributed by atoms with E-state index in [1.54, 1.807) is 13.1 Å². The van der Waals surface area contributed by atoms with Crippen LogP contribution >= 0.6 is 0 Å². The Balaban J connectivity index is 2.79. The van der Waals surface area contributed by atoms with E-state index in [4.69, 9.17) is 10.8 Å². The number of likely N-dealkylation sites (N-methyl/N-ethyl adjacent to an activating group) is 1. The minimum Gasteiger partial charge on any atom is -0.398 e. The number of aliphatic hydroxyl groups is 1. The van der Waals surface area contributed by atoms with Gasteiger partial charge in [-0.15, -0.1) is 0 Å². The molecule has 0 aromatic heterocycles. The van der Waals surface area contributed by atoms with E-state index >= 15 is 0 Å². The highest BCUT2D eigenvalue weighted by Crippen LogP contribution is 2.13. The normalized spacial score (nSPS) is 18.2. The minimum absolute atomic E-state index is 0.189. The zero-order valence-electron chi connectivity index (χ0n) is 12.9. The number of amides is 1. The largest absolute Gasteiger partial charge is 0.398 e. The van der Waals surface area contributed by atoms with Crippen molar-refractivity contribution >= 4 is 5.91 Å². The lowest BCUT2D eigenvalue weighted by molar-refractivity contribution is -0.116. The van der Waals surface area contributed by atoms with Crippen molar-refractivity contribution in [1.29, 1.82) is 0 Å². The topological polar surface area (TPSA) is 81.8 Å². The molecule has 0 bridgehead atoms. The second-order valence-electron chi connectivity index (χ2n) is 4.99. The van der Waals surface area contributed by atoms with Crippen LogP contribution in [0, 0.1) is 0 Å². The van der Waals surface area contributed by atoms with Crippen LogP contribution in [-0.4, -0.2) is 67.2 Å². The fourth-order valence-electron chi connectivity index (χ4n) is 2.29. The molecule has 0 radical (unpaired) electrons. The van der Waals surface area contributed by atoms with Crippen LogP contribution in [0.4, 0.5) is 0 Å². The van der Waals surface area contributed by atoms with Crippen LogP contribution in [0.15, 0.2) is 35.7 Å². The Hall–Kier alpha value is -1.79. The van der Waals surface area contributed by atoms with E-state index in [0.717, 1.165) is 31.9 Å². The van der Waals surface area contributed by atoms with Gasteiger partial charge in [0.15, 0.2) is 0 Å². The number of β-amino-alcohol motifs (C(OH)–C–C–N with tert-alkyl or cyclic N) is 1. The summed E-state index contributed by atoms with van der Waals surface area (Å²) in [6.07, 6.45) is 3.28. The molecule has 6 nitrogen and oxygen atoms in total. The molecule has 0 aromatic carbocycles. The molecule has 1 rings (SSSR count). The number of nitrogens with one attached hydrogen (secondary N) is 1. The van der Waals surface area contributed by atoms with Gasteiger partial charge in [-0.05, 0) is 19.1 Å². The van der Waals surface area contributed by atoms with Crippen LogP contribution in [0.3, 0.4) is 0 Å². The molecule has 1 aliphatic heterocycles. The number of hydrogen-bond donors (Lipinski definition) is 3. The summed E-state index contributed by atoms with van der Waals surface area (Å²) < 4.78 is 0. The molecule has 1 aliphatic rings. The summed E-state index contributed by atoms with van der Waals surface area (Å²) in [6, 6.07) is 0. The van der Waals surface area contributed by atoms with Crippen molar-refractivity contribution in [3.63, 3.8) is 0 Å². The molecule has 0 saturated carbocycles. The Morgan fingerprint density at radius 2 is 2.00 bits per heavy atom. The zero-order chi connectivity index (χ0) is 15.8. The number of aliphatic hydroxyl groups excluding tert-OH is 1. The molecular weight excluding hydrogens is 268 g/mol. The van der Waals surface area contributed by atoms with E-state index in [1.807, 2.05) is 6.92 Å². The second kappa shape index (κ2) is 8.49. The molecule has 0 spiro atoms. The fraction of sp³-hybridized carbons (Fsp3) is 0.533. The highest BCUT2D eigenvalue weighted by Gasteiger charge is 2.17. The maximum Gasteiger partial charge on any atom is 0.253 e. The van der Waals surface area contributed by atoms with Gasteiger partial charge in [0.1, 0.15) is 0 Å². The second-order valence-corrected chi connectivity index (χ2v) is 4.99. The number of carbonyl (C=O) groups excluding carboxylic acids is 1. The van der Waals surface area contributed by atoms with E-state index in [2.05, 4.69) is 21.7 Å². The quantitative estimate of drug-likeness (QED) is 0.461. The first-order valence-corrected chi connectivity index (χ1v) is 7.14. The highest BCUT2D eigenvalue weighted by atomic mass is 16.3. The molecule has 1 heterocycles. The Bertz CT molecular complexity index is 435. The predicted octanol–water partition coefficient (Wildman–Crippen LogP) is -0.355. The van der Waals surface area contributed by atoms with Crippen LogP contribution in [-0.2, 0) is 4.79 Å². The number of nitrogens with two attached hydrogens (primary N) is 1. The minimum atomic E-state index is -0.217. The number of nitrogens with zero attached hydrogens (tertiary/aromatic N) is 2. The molecule has 0 aromatic rings. The van der Waals surface area contributed by atoms with E-state index in [-0.39, 0.29) is 12.5 Å². The molecule has 118 valence electrons. The predicted molar refractivity (Wildman–Crippen MR) is 84.3 cm³/mol. The maximum absolute atomic E-state index is 11.9. The van der Waals surface area contributed by atoms with Gasteiger partial charge < -0.3 is 21.1 Å². The SMILES string of the molecule is C=C/C(N)=C(\C=C(/C)N1CCN(CCO)CC1)C(=O)NC. The number of hydrogen-bond acceptors (Lipinski definition) is 5. The van der Waals surface area contributed by atoms with Crippen molar-refractivity contribution in [2.24, 2.45) is 5.73 Å².